The van der Waals surface area contributed by atoms with Gasteiger partial charge in [0.15, 0.2) is 0 Å². The molecule has 1 aromatic carbocycles. The van der Waals surface area contributed by atoms with Crippen molar-refractivity contribution in [3.8, 4) is 0 Å². The Labute approximate surface area is 172 Å². The number of unbranched alkanes of at least 4 members (excludes halogenated alkanes) is 1. The first kappa shape index (κ1) is 20.5. The summed E-state index contributed by atoms with van der Waals surface area (Å²) in [5, 5.41) is 0. The first-order chi connectivity index (χ1) is 13.4. The van der Waals surface area contributed by atoms with Crippen LogP contribution in [0.2, 0.25) is 0 Å². The summed E-state index contributed by atoms with van der Waals surface area (Å²) in [6.07, 6.45) is 3.07. The summed E-state index contributed by atoms with van der Waals surface area (Å²) < 4.78 is 0.709. The maximum atomic E-state index is 12.7. The van der Waals surface area contributed by atoms with Gasteiger partial charge in [0, 0.05) is 37.1 Å². The number of halogens is 1. The predicted octanol–water partition coefficient (Wildman–Crippen LogP) is 2.30. The number of carbonyl (C=O) groups is 4. The molecule has 0 aromatic heterocycles. The fourth-order valence-corrected chi connectivity index (χ4v) is 3.91. The summed E-state index contributed by atoms with van der Waals surface area (Å²) >= 11 is 3.30. The highest BCUT2D eigenvalue weighted by atomic mass is 79.9. The van der Waals surface area contributed by atoms with Crippen LogP contribution in [0, 0.1) is 0 Å². The van der Waals surface area contributed by atoms with Gasteiger partial charge in [0.1, 0.15) is 6.54 Å². The highest BCUT2D eigenvalue weighted by Crippen LogP contribution is 2.26. The molecular weight excluding hydrogens is 426 g/mol. The Bertz CT molecular complexity index is 811. The van der Waals surface area contributed by atoms with E-state index in [4.69, 9.17) is 0 Å². The summed E-state index contributed by atoms with van der Waals surface area (Å²) in [7, 11) is 0. The fraction of sp³-hybridized carbons (Fsp3) is 0.500. The van der Waals surface area contributed by atoms with Crippen LogP contribution < -0.4 is 0 Å². The molecule has 0 atom stereocenters. The minimum absolute atomic E-state index is 0.127. The Morgan fingerprint density at radius 2 is 1.61 bits per heavy atom. The van der Waals surface area contributed by atoms with Crippen molar-refractivity contribution < 1.29 is 19.2 Å². The maximum Gasteiger partial charge on any atom is 0.262 e. The Morgan fingerprint density at radius 1 is 0.964 bits per heavy atom. The number of amides is 4. The van der Waals surface area contributed by atoms with Crippen molar-refractivity contribution in [1.29, 1.82) is 0 Å². The lowest BCUT2D eigenvalue weighted by Crippen LogP contribution is -2.44. The van der Waals surface area contributed by atoms with Crippen LogP contribution in [0.5, 0.6) is 0 Å². The second kappa shape index (κ2) is 8.86. The molecule has 0 aliphatic carbocycles. The van der Waals surface area contributed by atoms with Crippen molar-refractivity contribution in [2.24, 2.45) is 0 Å². The smallest absolute Gasteiger partial charge is 0.262 e. The minimum atomic E-state index is -0.444. The van der Waals surface area contributed by atoms with Gasteiger partial charge in [-0.05, 0) is 31.0 Å². The molecular formula is C20H24BrN3O4. The molecule has 0 N–H and O–H groups in total. The van der Waals surface area contributed by atoms with Crippen LogP contribution in [0.15, 0.2) is 22.7 Å². The van der Waals surface area contributed by atoms with E-state index in [1.165, 1.54) is 0 Å². The van der Waals surface area contributed by atoms with Crippen molar-refractivity contribution in [1.82, 2.24) is 14.7 Å². The Hall–Kier alpha value is -2.22. The Kier molecular flexibility index (Phi) is 6.49. The third-order valence-electron chi connectivity index (χ3n) is 5.17. The second-order valence-corrected chi connectivity index (χ2v) is 8.02. The number of rotatable bonds is 5. The molecule has 0 bridgehead atoms. The molecule has 28 heavy (non-hydrogen) atoms. The number of benzene rings is 1. The number of hydrogen-bond acceptors (Lipinski definition) is 4. The molecule has 0 radical (unpaired) electrons. The Balaban J connectivity index is 1.60. The molecule has 1 saturated heterocycles. The van der Waals surface area contributed by atoms with E-state index in [1.54, 1.807) is 23.1 Å². The number of fused-ring (bicyclic) bond motifs is 1. The molecule has 1 fully saturated rings. The third kappa shape index (κ3) is 4.27. The van der Waals surface area contributed by atoms with Gasteiger partial charge in [0.05, 0.1) is 11.1 Å². The molecule has 7 nitrogen and oxygen atoms in total. The van der Waals surface area contributed by atoms with E-state index in [0.29, 0.717) is 54.6 Å². The van der Waals surface area contributed by atoms with Crippen molar-refractivity contribution in [2.45, 2.75) is 32.6 Å². The average Bonchev–Trinajstić information content (AvgIpc) is 2.87. The first-order valence-electron chi connectivity index (χ1n) is 9.63. The van der Waals surface area contributed by atoms with Gasteiger partial charge in [0.25, 0.3) is 11.8 Å². The second-order valence-electron chi connectivity index (χ2n) is 7.11. The van der Waals surface area contributed by atoms with Gasteiger partial charge in [-0.3, -0.25) is 24.1 Å². The van der Waals surface area contributed by atoms with E-state index in [1.807, 2.05) is 11.8 Å². The standard InChI is InChI=1S/C20H24BrN3O4/c1-2-3-5-17(25)22-8-4-9-23(11-10-22)18(26)13-24-19(27)15-7-6-14(21)12-16(15)20(24)28/h6-7,12H,2-5,8-11,13H2,1H3. The average molecular weight is 450 g/mol. The van der Waals surface area contributed by atoms with E-state index in [-0.39, 0.29) is 18.4 Å². The number of carbonyl (C=O) groups excluding carboxylic acids is 4. The molecule has 4 amide bonds. The zero-order chi connectivity index (χ0) is 20.3. The van der Waals surface area contributed by atoms with E-state index in [9.17, 15) is 19.2 Å². The molecule has 2 aliphatic heterocycles. The highest BCUT2D eigenvalue weighted by Gasteiger charge is 2.37. The van der Waals surface area contributed by atoms with Gasteiger partial charge in [-0.2, -0.15) is 0 Å². The summed E-state index contributed by atoms with van der Waals surface area (Å²) in [6, 6.07) is 4.90. The number of hydrogen-bond donors (Lipinski definition) is 0. The molecule has 2 aliphatic rings. The molecule has 150 valence electrons. The molecule has 0 saturated carbocycles. The SMILES string of the molecule is CCCCC(=O)N1CCCN(C(=O)CN2C(=O)c3ccc(Br)cc3C2=O)CC1. The van der Waals surface area contributed by atoms with Gasteiger partial charge in [-0.25, -0.2) is 0 Å². The van der Waals surface area contributed by atoms with Gasteiger partial charge >= 0.3 is 0 Å². The zero-order valence-electron chi connectivity index (χ0n) is 15.9. The molecule has 3 rings (SSSR count). The van der Waals surface area contributed by atoms with Crippen molar-refractivity contribution in [3.63, 3.8) is 0 Å². The lowest BCUT2D eigenvalue weighted by molar-refractivity contribution is -0.133. The van der Waals surface area contributed by atoms with Crippen molar-refractivity contribution in [2.75, 3.05) is 32.7 Å². The van der Waals surface area contributed by atoms with Crippen LogP contribution in [-0.2, 0) is 9.59 Å². The first-order valence-corrected chi connectivity index (χ1v) is 10.4. The summed E-state index contributed by atoms with van der Waals surface area (Å²) in [4.78, 5) is 54.5. The van der Waals surface area contributed by atoms with Crippen LogP contribution >= 0.6 is 15.9 Å². The van der Waals surface area contributed by atoms with Crippen LogP contribution in [-0.4, -0.2) is 71.1 Å². The molecule has 1 aromatic rings. The van der Waals surface area contributed by atoms with E-state index in [2.05, 4.69) is 15.9 Å². The lowest BCUT2D eigenvalue weighted by atomic mass is 10.1. The summed E-state index contributed by atoms with van der Waals surface area (Å²) in [5.74, 6) is -1.02. The topological polar surface area (TPSA) is 78.0 Å². The van der Waals surface area contributed by atoms with Crippen LogP contribution in [0.1, 0.15) is 53.3 Å². The number of imide groups is 1. The maximum absolute atomic E-state index is 12.7. The third-order valence-corrected chi connectivity index (χ3v) is 5.66. The van der Waals surface area contributed by atoms with E-state index >= 15 is 0 Å². The van der Waals surface area contributed by atoms with Gasteiger partial charge in [-0.15, -0.1) is 0 Å². The van der Waals surface area contributed by atoms with Gasteiger partial charge in [-0.1, -0.05) is 29.3 Å². The minimum Gasteiger partial charge on any atom is -0.341 e. The zero-order valence-corrected chi connectivity index (χ0v) is 17.5. The normalized spacial score (nSPS) is 17.0. The fourth-order valence-electron chi connectivity index (χ4n) is 3.54. The highest BCUT2D eigenvalue weighted by molar-refractivity contribution is 9.10. The monoisotopic (exact) mass is 449 g/mol. The Morgan fingerprint density at radius 3 is 2.29 bits per heavy atom. The summed E-state index contributed by atoms with van der Waals surface area (Å²) in [6.45, 7) is 3.84. The van der Waals surface area contributed by atoms with Crippen molar-refractivity contribution in [3.05, 3.63) is 33.8 Å². The quantitative estimate of drug-likeness (QED) is 0.646. The van der Waals surface area contributed by atoms with Gasteiger partial charge in [0.2, 0.25) is 11.8 Å². The lowest BCUT2D eigenvalue weighted by Gasteiger charge is -2.24. The van der Waals surface area contributed by atoms with Crippen LogP contribution in [0.4, 0.5) is 0 Å². The molecule has 2 heterocycles. The molecule has 8 heteroatoms. The molecule has 0 spiro atoms. The van der Waals surface area contributed by atoms with Gasteiger partial charge < -0.3 is 9.80 Å². The summed E-state index contributed by atoms with van der Waals surface area (Å²) in [5.41, 5.74) is 0.639. The van der Waals surface area contributed by atoms with Crippen LogP contribution in [0.25, 0.3) is 0 Å². The molecule has 0 unspecified atom stereocenters. The largest absolute Gasteiger partial charge is 0.341 e. The predicted molar refractivity (Wildman–Crippen MR) is 107 cm³/mol. The van der Waals surface area contributed by atoms with E-state index < -0.39 is 11.8 Å². The number of nitrogens with zero attached hydrogens (tertiary/aromatic N) is 3. The van der Waals surface area contributed by atoms with E-state index in [0.717, 1.165) is 17.7 Å². The van der Waals surface area contributed by atoms with Crippen LogP contribution in [0.3, 0.4) is 0 Å². The van der Waals surface area contributed by atoms with Crippen molar-refractivity contribution >= 4 is 39.6 Å².